The van der Waals surface area contributed by atoms with Crippen molar-refractivity contribution in [1.82, 2.24) is 10.3 Å². The van der Waals surface area contributed by atoms with Gasteiger partial charge in [-0.1, -0.05) is 29.8 Å². The number of benzene rings is 1. The minimum Gasteiger partial charge on any atom is -0.370 e. The van der Waals surface area contributed by atoms with Gasteiger partial charge in [0, 0.05) is 29.2 Å². The van der Waals surface area contributed by atoms with E-state index in [1.165, 1.54) is 12.1 Å². The molecule has 128 valence electrons. The summed E-state index contributed by atoms with van der Waals surface area (Å²) < 4.78 is 39.5. The molecule has 0 aliphatic carbocycles. The van der Waals surface area contributed by atoms with Gasteiger partial charge in [-0.25, -0.2) is 0 Å². The predicted octanol–water partition coefficient (Wildman–Crippen LogP) is 2.96. The van der Waals surface area contributed by atoms with E-state index < -0.39 is 29.2 Å². The number of nitrogens with two attached hydrogens (primary N) is 1. The summed E-state index contributed by atoms with van der Waals surface area (Å²) in [4.78, 5) is 24.8. The number of halogens is 4. The minimum absolute atomic E-state index is 0.0629. The first kappa shape index (κ1) is 17.9. The van der Waals surface area contributed by atoms with Crippen LogP contribution in [0.5, 0.6) is 0 Å². The van der Waals surface area contributed by atoms with Gasteiger partial charge in [0.05, 0.1) is 5.56 Å². The van der Waals surface area contributed by atoms with E-state index in [1.54, 1.807) is 12.1 Å². The molecule has 0 spiro atoms. The SMILES string of the molecule is NC(=O)CCNC(=O)c1cc(-c2ccccc2Cl)[nH]c1C(F)(F)F. The van der Waals surface area contributed by atoms with Gasteiger partial charge in [-0.15, -0.1) is 0 Å². The zero-order valence-corrected chi connectivity index (χ0v) is 13.0. The van der Waals surface area contributed by atoms with Crippen LogP contribution in [0.1, 0.15) is 22.5 Å². The number of aromatic amines is 1. The molecule has 0 saturated heterocycles. The molecule has 0 aliphatic heterocycles. The molecule has 1 heterocycles. The molecule has 4 N–H and O–H groups in total. The largest absolute Gasteiger partial charge is 0.432 e. The molecule has 0 saturated carbocycles. The van der Waals surface area contributed by atoms with Gasteiger partial charge in [-0.05, 0) is 12.1 Å². The van der Waals surface area contributed by atoms with Crippen LogP contribution in [0.25, 0.3) is 11.3 Å². The molecule has 0 unspecified atom stereocenters. The first-order valence-corrected chi connectivity index (χ1v) is 7.19. The highest BCUT2D eigenvalue weighted by Crippen LogP contribution is 2.36. The van der Waals surface area contributed by atoms with Crippen LogP contribution in [-0.2, 0) is 11.0 Å². The summed E-state index contributed by atoms with van der Waals surface area (Å²) in [5.41, 5.74) is 3.55. The number of hydrogen-bond acceptors (Lipinski definition) is 2. The zero-order valence-electron chi connectivity index (χ0n) is 12.2. The van der Waals surface area contributed by atoms with E-state index in [9.17, 15) is 22.8 Å². The third-order valence-corrected chi connectivity index (χ3v) is 3.50. The lowest BCUT2D eigenvalue weighted by molar-refractivity contribution is -0.141. The van der Waals surface area contributed by atoms with Crippen LogP contribution in [0, 0.1) is 0 Å². The number of alkyl halides is 3. The van der Waals surface area contributed by atoms with E-state index in [1.807, 2.05) is 0 Å². The van der Waals surface area contributed by atoms with E-state index in [0.717, 1.165) is 6.07 Å². The standard InChI is InChI=1S/C15H13ClF3N3O2/c16-10-4-2-1-3-8(10)11-7-9(13(22-11)15(17,18)19)14(24)21-6-5-12(20)23/h1-4,7,22H,5-6H2,(H2,20,23)(H,21,24). The van der Waals surface area contributed by atoms with Crippen molar-refractivity contribution in [3.63, 3.8) is 0 Å². The Hall–Kier alpha value is -2.48. The highest BCUT2D eigenvalue weighted by Gasteiger charge is 2.38. The molecule has 5 nitrogen and oxygen atoms in total. The van der Waals surface area contributed by atoms with Crippen LogP contribution < -0.4 is 11.1 Å². The van der Waals surface area contributed by atoms with Crippen LogP contribution in [0.4, 0.5) is 13.2 Å². The quantitative estimate of drug-likeness (QED) is 0.766. The number of H-pyrrole nitrogens is 1. The maximum Gasteiger partial charge on any atom is 0.432 e. The Bertz CT molecular complexity index is 772. The average Bonchev–Trinajstić information content (AvgIpc) is 2.92. The van der Waals surface area contributed by atoms with Crippen molar-refractivity contribution in [3.05, 3.63) is 46.6 Å². The number of aromatic nitrogens is 1. The van der Waals surface area contributed by atoms with Crippen LogP contribution in [-0.4, -0.2) is 23.3 Å². The third kappa shape index (κ3) is 4.08. The summed E-state index contributed by atoms with van der Waals surface area (Å²) in [5.74, 6) is -1.63. The summed E-state index contributed by atoms with van der Waals surface area (Å²) in [6, 6.07) is 7.38. The van der Waals surface area contributed by atoms with Crippen LogP contribution in [0.2, 0.25) is 5.02 Å². The molecular formula is C15H13ClF3N3O2. The Morgan fingerprint density at radius 3 is 2.50 bits per heavy atom. The molecule has 0 fully saturated rings. The molecule has 2 rings (SSSR count). The Kier molecular flexibility index (Phi) is 5.18. The van der Waals surface area contributed by atoms with E-state index in [-0.39, 0.29) is 23.7 Å². The van der Waals surface area contributed by atoms with Crippen molar-refractivity contribution in [2.24, 2.45) is 5.73 Å². The van der Waals surface area contributed by atoms with E-state index >= 15 is 0 Å². The number of amides is 2. The number of carbonyl (C=O) groups is 2. The first-order chi connectivity index (χ1) is 11.2. The summed E-state index contributed by atoms with van der Waals surface area (Å²) in [7, 11) is 0. The van der Waals surface area contributed by atoms with Crippen molar-refractivity contribution in [2.75, 3.05) is 6.54 Å². The van der Waals surface area contributed by atoms with Crippen molar-refractivity contribution in [3.8, 4) is 11.3 Å². The molecule has 2 aromatic rings. The lowest BCUT2D eigenvalue weighted by Gasteiger charge is -2.08. The lowest BCUT2D eigenvalue weighted by Crippen LogP contribution is -2.29. The smallest absolute Gasteiger partial charge is 0.370 e. The molecule has 0 bridgehead atoms. The molecule has 0 aliphatic rings. The first-order valence-electron chi connectivity index (χ1n) is 6.81. The predicted molar refractivity (Wildman–Crippen MR) is 82.4 cm³/mol. The number of primary amides is 1. The fourth-order valence-corrected chi connectivity index (χ4v) is 2.31. The van der Waals surface area contributed by atoms with E-state index in [2.05, 4.69) is 10.3 Å². The zero-order chi connectivity index (χ0) is 17.9. The van der Waals surface area contributed by atoms with Crippen molar-refractivity contribution in [2.45, 2.75) is 12.6 Å². The number of hydrogen-bond donors (Lipinski definition) is 3. The maximum absolute atomic E-state index is 13.2. The van der Waals surface area contributed by atoms with Gasteiger partial charge < -0.3 is 16.0 Å². The molecule has 24 heavy (non-hydrogen) atoms. The third-order valence-electron chi connectivity index (χ3n) is 3.17. The maximum atomic E-state index is 13.2. The fourth-order valence-electron chi connectivity index (χ4n) is 2.08. The molecule has 1 aromatic carbocycles. The van der Waals surface area contributed by atoms with Crippen molar-refractivity contribution in [1.29, 1.82) is 0 Å². The van der Waals surface area contributed by atoms with Gasteiger partial charge >= 0.3 is 6.18 Å². The van der Waals surface area contributed by atoms with Crippen molar-refractivity contribution >= 4 is 23.4 Å². The Balaban J connectivity index is 2.38. The molecule has 1 aromatic heterocycles. The highest BCUT2D eigenvalue weighted by atomic mass is 35.5. The second kappa shape index (κ2) is 6.96. The number of rotatable bonds is 5. The molecule has 0 radical (unpaired) electrons. The normalized spacial score (nSPS) is 11.3. The van der Waals surface area contributed by atoms with E-state index in [4.69, 9.17) is 17.3 Å². The average molecular weight is 360 g/mol. The number of carbonyl (C=O) groups excluding carboxylic acids is 2. The van der Waals surface area contributed by atoms with Gasteiger partial charge in [0.25, 0.3) is 5.91 Å². The summed E-state index contributed by atoms with van der Waals surface area (Å²) in [6.45, 7) is -0.155. The van der Waals surface area contributed by atoms with Gasteiger partial charge in [-0.2, -0.15) is 13.2 Å². The van der Waals surface area contributed by atoms with Gasteiger partial charge in [-0.3, -0.25) is 9.59 Å². The topological polar surface area (TPSA) is 88.0 Å². The van der Waals surface area contributed by atoms with Crippen LogP contribution in [0.3, 0.4) is 0 Å². The summed E-state index contributed by atoms with van der Waals surface area (Å²) in [6.07, 6.45) is -4.93. The lowest BCUT2D eigenvalue weighted by atomic mass is 10.1. The summed E-state index contributed by atoms with van der Waals surface area (Å²) >= 11 is 5.98. The summed E-state index contributed by atoms with van der Waals surface area (Å²) in [5, 5.41) is 2.47. The minimum atomic E-state index is -4.75. The molecule has 0 atom stereocenters. The molecule has 2 amide bonds. The Morgan fingerprint density at radius 2 is 1.92 bits per heavy atom. The van der Waals surface area contributed by atoms with Gasteiger partial charge in [0.1, 0.15) is 5.69 Å². The van der Waals surface area contributed by atoms with Crippen LogP contribution in [0.15, 0.2) is 30.3 Å². The second-order valence-corrected chi connectivity index (χ2v) is 5.33. The number of nitrogens with one attached hydrogen (secondary N) is 2. The van der Waals surface area contributed by atoms with Gasteiger partial charge in [0.2, 0.25) is 5.91 Å². The Labute approximate surface area is 140 Å². The van der Waals surface area contributed by atoms with Crippen molar-refractivity contribution < 1.29 is 22.8 Å². The fraction of sp³-hybridized carbons (Fsp3) is 0.200. The Morgan fingerprint density at radius 1 is 1.25 bits per heavy atom. The van der Waals surface area contributed by atoms with E-state index in [0.29, 0.717) is 5.56 Å². The highest BCUT2D eigenvalue weighted by molar-refractivity contribution is 6.33. The second-order valence-electron chi connectivity index (χ2n) is 4.92. The molecule has 9 heteroatoms. The van der Waals surface area contributed by atoms with Gasteiger partial charge in [0.15, 0.2) is 0 Å². The van der Waals surface area contributed by atoms with Crippen LogP contribution >= 0.6 is 11.6 Å². The monoisotopic (exact) mass is 359 g/mol. The molecular weight excluding hydrogens is 347 g/mol.